The van der Waals surface area contributed by atoms with Crippen molar-refractivity contribution in [2.45, 2.75) is 78.3 Å². The molecular formula is C24H38N2O. The van der Waals surface area contributed by atoms with Crippen LogP contribution in [0.15, 0.2) is 24.4 Å². The summed E-state index contributed by atoms with van der Waals surface area (Å²) < 4.78 is 7.97. The first kappa shape index (κ1) is 20.3. The average Bonchev–Trinajstić information content (AvgIpc) is 3.03. The van der Waals surface area contributed by atoms with Gasteiger partial charge in [-0.3, -0.25) is 4.90 Å². The number of likely N-dealkylation sites (tertiary alicyclic amines) is 1. The van der Waals surface area contributed by atoms with Gasteiger partial charge < -0.3 is 9.30 Å². The van der Waals surface area contributed by atoms with Gasteiger partial charge in [0.05, 0.1) is 12.6 Å². The maximum Gasteiger partial charge on any atom is 0.120 e. The molecule has 3 heteroatoms. The van der Waals surface area contributed by atoms with Crippen molar-refractivity contribution >= 4 is 10.9 Å². The average molecular weight is 371 g/mol. The van der Waals surface area contributed by atoms with Crippen LogP contribution in [0.5, 0.6) is 5.75 Å². The summed E-state index contributed by atoms with van der Waals surface area (Å²) in [5.74, 6) is 1.85. The highest BCUT2D eigenvalue weighted by Gasteiger charge is 2.18. The van der Waals surface area contributed by atoms with Crippen molar-refractivity contribution in [1.82, 2.24) is 9.47 Å². The Morgan fingerprint density at radius 1 is 1.04 bits per heavy atom. The highest BCUT2D eigenvalue weighted by molar-refractivity contribution is 5.85. The molecule has 1 aliphatic rings. The van der Waals surface area contributed by atoms with Gasteiger partial charge in [0.15, 0.2) is 0 Å². The Morgan fingerprint density at radius 3 is 2.52 bits per heavy atom. The highest BCUT2D eigenvalue weighted by atomic mass is 16.5. The zero-order chi connectivity index (χ0) is 19.1. The van der Waals surface area contributed by atoms with Gasteiger partial charge >= 0.3 is 0 Å². The number of piperidine rings is 1. The Morgan fingerprint density at radius 2 is 1.78 bits per heavy atom. The van der Waals surface area contributed by atoms with Gasteiger partial charge in [-0.15, -0.1) is 0 Å². The number of aryl methyl sites for hydroxylation is 1. The lowest BCUT2D eigenvalue weighted by Gasteiger charge is -2.29. The Bertz CT molecular complexity index is 698. The van der Waals surface area contributed by atoms with E-state index in [1.165, 1.54) is 80.9 Å². The number of aromatic nitrogens is 1. The molecule has 2 aromatic rings. The predicted molar refractivity (Wildman–Crippen MR) is 116 cm³/mol. The van der Waals surface area contributed by atoms with E-state index in [1.807, 2.05) is 0 Å². The SMILES string of the molecule is CCCCCCCCn1cc(CN2CCC(C)CC2)c2ccc(OC)cc21. The lowest BCUT2D eigenvalue weighted by Crippen LogP contribution is -2.32. The van der Waals surface area contributed by atoms with E-state index in [0.29, 0.717) is 0 Å². The maximum absolute atomic E-state index is 5.49. The second-order valence-corrected chi connectivity index (χ2v) is 8.46. The van der Waals surface area contributed by atoms with E-state index in [4.69, 9.17) is 4.74 Å². The molecule has 1 aromatic carbocycles. The van der Waals surface area contributed by atoms with E-state index >= 15 is 0 Å². The lowest BCUT2D eigenvalue weighted by atomic mass is 9.99. The summed E-state index contributed by atoms with van der Waals surface area (Å²) >= 11 is 0. The normalized spacial score (nSPS) is 16.3. The number of ether oxygens (including phenoxy) is 1. The molecule has 0 bridgehead atoms. The number of hydrogen-bond acceptors (Lipinski definition) is 2. The van der Waals surface area contributed by atoms with E-state index in [9.17, 15) is 0 Å². The fourth-order valence-corrected chi connectivity index (χ4v) is 4.31. The summed E-state index contributed by atoms with van der Waals surface area (Å²) in [5.41, 5.74) is 2.82. The van der Waals surface area contributed by atoms with Crippen LogP contribution in [0.4, 0.5) is 0 Å². The van der Waals surface area contributed by atoms with Gasteiger partial charge in [0.1, 0.15) is 5.75 Å². The van der Waals surface area contributed by atoms with Crippen molar-refractivity contribution in [3.05, 3.63) is 30.0 Å². The molecule has 3 rings (SSSR count). The molecule has 3 nitrogen and oxygen atoms in total. The standard InChI is InChI=1S/C24H38N2O/c1-4-5-6-7-8-9-14-26-19-21(18-25-15-12-20(2)13-16-25)23-11-10-22(27-3)17-24(23)26/h10-11,17,19-20H,4-9,12-16,18H2,1-3H3. The quantitative estimate of drug-likeness (QED) is 0.460. The molecule has 0 amide bonds. The second-order valence-electron chi connectivity index (χ2n) is 8.46. The number of unbranched alkanes of at least 4 members (excludes halogenated alkanes) is 5. The van der Waals surface area contributed by atoms with Crippen LogP contribution >= 0.6 is 0 Å². The molecule has 0 unspecified atom stereocenters. The highest BCUT2D eigenvalue weighted by Crippen LogP contribution is 2.28. The van der Waals surface area contributed by atoms with Crippen LogP contribution in [-0.4, -0.2) is 29.7 Å². The van der Waals surface area contributed by atoms with Crippen molar-refractivity contribution in [2.75, 3.05) is 20.2 Å². The first-order chi connectivity index (χ1) is 13.2. The van der Waals surface area contributed by atoms with Crippen molar-refractivity contribution in [1.29, 1.82) is 0 Å². The molecule has 0 atom stereocenters. The molecule has 2 heterocycles. The van der Waals surface area contributed by atoms with E-state index < -0.39 is 0 Å². The molecular weight excluding hydrogens is 332 g/mol. The molecule has 0 saturated carbocycles. The third kappa shape index (κ3) is 5.51. The predicted octanol–water partition coefficient (Wildman–Crippen LogP) is 6.24. The van der Waals surface area contributed by atoms with Gasteiger partial charge in [0.25, 0.3) is 0 Å². The first-order valence-electron chi connectivity index (χ1n) is 11.1. The molecule has 1 aliphatic heterocycles. The maximum atomic E-state index is 5.49. The minimum absolute atomic E-state index is 0.888. The molecule has 27 heavy (non-hydrogen) atoms. The third-order valence-corrected chi connectivity index (χ3v) is 6.19. The van der Waals surface area contributed by atoms with Gasteiger partial charge in [-0.25, -0.2) is 0 Å². The van der Waals surface area contributed by atoms with Crippen molar-refractivity contribution in [3.8, 4) is 5.75 Å². The van der Waals surface area contributed by atoms with Crippen molar-refractivity contribution in [3.63, 3.8) is 0 Å². The summed E-state index contributed by atoms with van der Waals surface area (Å²) in [4.78, 5) is 2.63. The van der Waals surface area contributed by atoms with Crippen LogP contribution in [0, 0.1) is 5.92 Å². The van der Waals surface area contributed by atoms with Gasteiger partial charge in [0, 0.05) is 30.7 Å². The van der Waals surface area contributed by atoms with Gasteiger partial charge in [-0.2, -0.15) is 0 Å². The van der Waals surface area contributed by atoms with Gasteiger partial charge in [-0.05, 0) is 56.0 Å². The van der Waals surface area contributed by atoms with Gasteiger partial charge in [-0.1, -0.05) is 46.0 Å². The topological polar surface area (TPSA) is 17.4 Å². The molecule has 0 radical (unpaired) electrons. The number of fused-ring (bicyclic) bond motifs is 1. The van der Waals surface area contributed by atoms with Crippen LogP contribution in [-0.2, 0) is 13.1 Å². The van der Waals surface area contributed by atoms with Crippen LogP contribution < -0.4 is 4.74 Å². The Labute approximate surface area is 165 Å². The zero-order valence-corrected chi connectivity index (χ0v) is 17.7. The molecule has 1 aromatic heterocycles. The van der Waals surface area contributed by atoms with E-state index in [0.717, 1.165) is 24.8 Å². The fraction of sp³-hybridized carbons (Fsp3) is 0.667. The minimum atomic E-state index is 0.888. The Balaban J connectivity index is 1.69. The molecule has 0 aliphatic carbocycles. The molecule has 1 saturated heterocycles. The summed E-state index contributed by atoms with van der Waals surface area (Å²) in [7, 11) is 1.76. The monoisotopic (exact) mass is 370 g/mol. The number of benzene rings is 1. The lowest BCUT2D eigenvalue weighted by molar-refractivity contribution is 0.186. The Kier molecular flexibility index (Phi) is 7.63. The van der Waals surface area contributed by atoms with E-state index in [1.54, 1.807) is 7.11 Å². The van der Waals surface area contributed by atoms with Crippen LogP contribution in [0.2, 0.25) is 0 Å². The number of hydrogen-bond donors (Lipinski definition) is 0. The van der Waals surface area contributed by atoms with E-state index in [2.05, 4.69) is 47.7 Å². The van der Waals surface area contributed by atoms with Crippen molar-refractivity contribution in [2.24, 2.45) is 5.92 Å². The summed E-state index contributed by atoms with van der Waals surface area (Å²) in [6, 6.07) is 6.58. The van der Waals surface area contributed by atoms with Crippen LogP contribution in [0.3, 0.4) is 0 Å². The largest absolute Gasteiger partial charge is 0.497 e. The first-order valence-corrected chi connectivity index (χ1v) is 11.1. The third-order valence-electron chi connectivity index (χ3n) is 6.19. The molecule has 150 valence electrons. The Hall–Kier alpha value is -1.48. The van der Waals surface area contributed by atoms with E-state index in [-0.39, 0.29) is 0 Å². The summed E-state index contributed by atoms with van der Waals surface area (Å²) in [6.45, 7) is 9.34. The summed E-state index contributed by atoms with van der Waals surface area (Å²) in [6.07, 6.45) is 13.1. The minimum Gasteiger partial charge on any atom is -0.497 e. The van der Waals surface area contributed by atoms with Gasteiger partial charge in [0.2, 0.25) is 0 Å². The number of rotatable bonds is 10. The number of methoxy groups -OCH3 is 1. The molecule has 1 fully saturated rings. The number of nitrogens with zero attached hydrogens (tertiary/aromatic N) is 2. The summed E-state index contributed by atoms with van der Waals surface area (Å²) in [5, 5.41) is 1.40. The molecule has 0 spiro atoms. The van der Waals surface area contributed by atoms with Crippen LogP contribution in [0.1, 0.15) is 70.8 Å². The van der Waals surface area contributed by atoms with Crippen molar-refractivity contribution < 1.29 is 4.74 Å². The fourth-order valence-electron chi connectivity index (χ4n) is 4.31. The zero-order valence-electron chi connectivity index (χ0n) is 17.7. The smallest absolute Gasteiger partial charge is 0.120 e. The molecule has 0 N–H and O–H groups in total. The second kappa shape index (κ2) is 10.2. The van der Waals surface area contributed by atoms with Crippen LogP contribution in [0.25, 0.3) is 10.9 Å².